The minimum absolute atomic E-state index is 0.108. The van der Waals surface area contributed by atoms with Crippen molar-refractivity contribution in [3.8, 4) is 0 Å². The van der Waals surface area contributed by atoms with Crippen molar-refractivity contribution in [2.45, 2.75) is 19.4 Å². The number of likely N-dealkylation sites (N-methyl/N-ethyl adjacent to an activating group) is 1. The largest absolute Gasteiger partial charge is 0.310 e. The fourth-order valence-corrected chi connectivity index (χ4v) is 2.88. The maximum atomic E-state index is 13.7. The Kier molecular flexibility index (Phi) is 5.75. The summed E-state index contributed by atoms with van der Waals surface area (Å²) in [6.45, 7) is 2.90. The van der Waals surface area contributed by atoms with Gasteiger partial charge in [-0.1, -0.05) is 41.1 Å². The molecule has 2 aromatic carbocycles. The van der Waals surface area contributed by atoms with E-state index in [1.165, 1.54) is 5.56 Å². The van der Waals surface area contributed by atoms with Crippen LogP contribution < -0.4 is 5.32 Å². The molecule has 0 saturated heterocycles. The van der Waals surface area contributed by atoms with E-state index >= 15 is 0 Å². The van der Waals surface area contributed by atoms with Gasteiger partial charge in [0.1, 0.15) is 5.82 Å². The van der Waals surface area contributed by atoms with Gasteiger partial charge in [-0.25, -0.2) is 4.39 Å². The molecule has 1 atom stereocenters. The summed E-state index contributed by atoms with van der Waals surface area (Å²) >= 11 is 6.67. The Morgan fingerprint density at radius 3 is 2.60 bits per heavy atom. The highest BCUT2D eigenvalue weighted by Crippen LogP contribution is 2.24. The number of rotatable bonds is 5. The van der Waals surface area contributed by atoms with Crippen molar-refractivity contribution in [1.82, 2.24) is 5.32 Å². The Hall–Kier alpha value is -0.710. The molecule has 0 aliphatic rings. The number of benzene rings is 2. The van der Waals surface area contributed by atoms with Gasteiger partial charge in [0.05, 0.1) is 4.47 Å². The summed E-state index contributed by atoms with van der Waals surface area (Å²) < 4.78 is 15.3. The van der Waals surface area contributed by atoms with Crippen LogP contribution in [0.3, 0.4) is 0 Å². The molecule has 1 N–H and O–H groups in total. The zero-order chi connectivity index (χ0) is 14.5. The molecule has 2 rings (SSSR count). The Morgan fingerprint density at radius 2 is 1.95 bits per heavy atom. The Balaban J connectivity index is 2.24. The lowest BCUT2D eigenvalue weighted by Gasteiger charge is -2.19. The molecule has 0 aromatic heterocycles. The zero-order valence-electron chi connectivity index (χ0n) is 11.2. The monoisotopic (exact) mass is 399 g/mol. The number of nitrogens with one attached hydrogen (secondary N) is 1. The molecule has 0 heterocycles. The minimum Gasteiger partial charge on any atom is -0.310 e. The lowest BCUT2D eigenvalue weighted by molar-refractivity contribution is 0.542. The van der Waals surface area contributed by atoms with Crippen LogP contribution in [0.1, 0.15) is 24.1 Å². The second kappa shape index (κ2) is 7.34. The molecule has 2 aromatic rings. The average molecular weight is 401 g/mol. The van der Waals surface area contributed by atoms with Gasteiger partial charge in [-0.3, -0.25) is 0 Å². The summed E-state index contributed by atoms with van der Waals surface area (Å²) in [6.07, 6.45) is 0.828. The lowest BCUT2D eigenvalue weighted by atomic mass is 9.99. The molecule has 106 valence electrons. The van der Waals surface area contributed by atoms with Gasteiger partial charge in [-0.15, -0.1) is 0 Å². The number of halogens is 3. The van der Waals surface area contributed by atoms with Crippen LogP contribution in [0.25, 0.3) is 0 Å². The van der Waals surface area contributed by atoms with Crippen LogP contribution in [0.5, 0.6) is 0 Å². The van der Waals surface area contributed by atoms with Crippen LogP contribution >= 0.6 is 31.9 Å². The molecular formula is C16H16Br2FN. The Bertz CT molecular complexity index is 586. The second-order valence-electron chi connectivity index (χ2n) is 4.62. The first-order chi connectivity index (χ1) is 9.60. The van der Waals surface area contributed by atoms with Crippen LogP contribution in [-0.2, 0) is 6.42 Å². The molecule has 0 radical (unpaired) electrons. The van der Waals surface area contributed by atoms with Crippen LogP contribution in [-0.4, -0.2) is 6.54 Å². The standard InChI is InChI=1S/C16H16Br2FN/c1-2-20-16(9-11-4-3-5-13(17)8-11)12-6-7-14(18)15(19)10-12/h3-8,10,16,20H,2,9H2,1H3. The fraction of sp³-hybridized carbons (Fsp3) is 0.250. The molecule has 0 spiro atoms. The van der Waals surface area contributed by atoms with Crippen LogP contribution in [0.15, 0.2) is 51.4 Å². The number of hydrogen-bond acceptors (Lipinski definition) is 1. The van der Waals surface area contributed by atoms with Crippen molar-refractivity contribution in [2.24, 2.45) is 0 Å². The van der Waals surface area contributed by atoms with Crippen LogP contribution in [0, 0.1) is 5.82 Å². The first-order valence-electron chi connectivity index (χ1n) is 6.53. The van der Waals surface area contributed by atoms with E-state index in [1.807, 2.05) is 18.2 Å². The normalized spacial score (nSPS) is 12.4. The molecule has 0 fully saturated rings. The van der Waals surface area contributed by atoms with Gasteiger partial charge in [0.15, 0.2) is 0 Å². The first kappa shape index (κ1) is 15.7. The van der Waals surface area contributed by atoms with Crippen molar-refractivity contribution in [3.05, 3.63) is 68.4 Å². The molecule has 0 bridgehead atoms. The SMILES string of the molecule is CCNC(Cc1cccc(Br)c1)c1ccc(Br)c(F)c1. The molecule has 0 aliphatic heterocycles. The van der Waals surface area contributed by atoms with E-state index in [1.54, 1.807) is 12.1 Å². The van der Waals surface area contributed by atoms with E-state index in [4.69, 9.17) is 0 Å². The maximum absolute atomic E-state index is 13.7. The fourth-order valence-electron chi connectivity index (χ4n) is 2.18. The van der Waals surface area contributed by atoms with Crippen molar-refractivity contribution < 1.29 is 4.39 Å². The van der Waals surface area contributed by atoms with E-state index in [-0.39, 0.29) is 11.9 Å². The van der Waals surface area contributed by atoms with Gasteiger partial charge >= 0.3 is 0 Å². The molecule has 1 unspecified atom stereocenters. The molecule has 0 amide bonds. The molecule has 0 aliphatic carbocycles. The predicted octanol–water partition coefficient (Wildman–Crippen LogP) is 5.24. The zero-order valence-corrected chi connectivity index (χ0v) is 14.3. The van der Waals surface area contributed by atoms with Gasteiger partial charge < -0.3 is 5.32 Å². The average Bonchev–Trinajstić information content (AvgIpc) is 2.41. The summed E-state index contributed by atoms with van der Waals surface area (Å²) in [5, 5.41) is 3.42. The Morgan fingerprint density at radius 1 is 1.15 bits per heavy atom. The summed E-state index contributed by atoms with van der Waals surface area (Å²) in [4.78, 5) is 0. The highest BCUT2D eigenvalue weighted by molar-refractivity contribution is 9.10. The van der Waals surface area contributed by atoms with Gasteiger partial charge in [0.2, 0.25) is 0 Å². The second-order valence-corrected chi connectivity index (χ2v) is 6.39. The van der Waals surface area contributed by atoms with Gasteiger partial charge in [-0.2, -0.15) is 0 Å². The number of hydrogen-bond donors (Lipinski definition) is 1. The summed E-state index contributed by atoms with van der Waals surface area (Å²) in [5.74, 6) is -0.223. The van der Waals surface area contributed by atoms with E-state index in [0.717, 1.165) is 23.0 Å². The molecular weight excluding hydrogens is 385 g/mol. The van der Waals surface area contributed by atoms with Crippen molar-refractivity contribution >= 4 is 31.9 Å². The van der Waals surface area contributed by atoms with Crippen molar-refractivity contribution in [3.63, 3.8) is 0 Å². The third-order valence-corrected chi connectivity index (χ3v) is 4.26. The van der Waals surface area contributed by atoms with Crippen molar-refractivity contribution in [2.75, 3.05) is 6.54 Å². The summed E-state index contributed by atoms with van der Waals surface area (Å²) in [5.41, 5.74) is 2.18. The Labute approximate surface area is 135 Å². The minimum atomic E-state index is -0.223. The summed E-state index contributed by atoms with van der Waals surface area (Å²) in [7, 11) is 0. The quantitative estimate of drug-likeness (QED) is 0.723. The molecule has 1 nitrogen and oxygen atoms in total. The third-order valence-electron chi connectivity index (χ3n) is 3.13. The van der Waals surface area contributed by atoms with Crippen molar-refractivity contribution in [1.29, 1.82) is 0 Å². The van der Waals surface area contributed by atoms with E-state index in [2.05, 4.69) is 56.2 Å². The maximum Gasteiger partial charge on any atom is 0.137 e. The van der Waals surface area contributed by atoms with Gasteiger partial charge in [-0.05, 0) is 64.3 Å². The van der Waals surface area contributed by atoms with E-state index in [9.17, 15) is 4.39 Å². The van der Waals surface area contributed by atoms with E-state index < -0.39 is 0 Å². The van der Waals surface area contributed by atoms with Crippen LogP contribution in [0.2, 0.25) is 0 Å². The molecule has 20 heavy (non-hydrogen) atoms. The first-order valence-corrected chi connectivity index (χ1v) is 8.11. The highest BCUT2D eigenvalue weighted by atomic mass is 79.9. The third kappa shape index (κ3) is 4.14. The predicted molar refractivity (Wildman–Crippen MR) is 88.4 cm³/mol. The van der Waals surface area contributed by atoms with E-state index in [0.29, 0.717) is 4.47 Å². The summed E-state index contributed by atoms with van der Waals surface area (Å²) in [6, 6.07) is 13.6. The van der Waals surface area contributed by atoms with Crippen LogP contribution in [0.4, 0.5) is 4.39 Å². The van der Waals surface area contributed by atoms with Gasteiger partial charge in [0, 0.05) is 10.5 Å². The van der Waals surface area contributed by atoms with Gasteiger partial charge in [0.25, 0.3) is 0 Å². The highest BCUT2D eigenvalue weighted by Gasteiger charge is 2.13. The smallest absolute Gasteiger partial charge is 0.137 e. The molecule has 0 saturated carbocycles. The lowest BCUT2D eigenvalue weighted by Crippen LogP contribution is -2.23. The molecule has 4 heteroatoms. The topological polar surface area (TPSA) is 12.0 Å².